The molecule has 0 spiro atoms. The lowest BCUT2D eigenvalue weighted by Crippen LogP contribution is -2.62. The number of carbonyl (C=O) groups excluding carboxylic acids is 1. The summed E-state index contributed by atoms with van der Waals surface area (Å²) < 4.78 is 49.0. The van der Waals surface area contributed by atoms with Gasteiger partial charge in [0.25, 0.3) is 0 Å². The van der Waals surface area contributed by atoms with Crippen LogP contribution in [0.5, 0.6) is 0 Å². The second kappa shape index (κ2) is 10.6. The fourth-order valence-electron chi connectivity index (χ4n) is 5.11. The van der Waals surface area contributed by atoms with Gasteiger partial charge in [0, 0.05) is 57.8 Å². The molecular formula is C28H37F3N4O2. The third-order valence-electron chi connectivity index (χ3n) is 7.08. The van der Waals surface area contributed by atoms with Gasteiger partial charge in [0.2, 0.25) is 0 Å². The summed E-state index contributed by atoms with van der Waals surface area (Å²) >= 11 is 0. The maximum absolute atomic E-state index is 14.5. The van der Waals surface area contributed by atoms with Crippen molar-refractivity contribution in [3.63, 3.8) is 0 Å². The summed E-state index contributed by atoms with van der Waals surface area (Å²) in [7, 11) is 3.53. The fraction of sp³-hybridized carbons (Fsp3) is 0.536. The minimum Gasteiger partial charge on any atom is -0.361 e. The highest BCUT2D eigenvalue weighted by Gasteiger charge is 2.48. The van der Waals surface area contributed by atoms with E-state index >= 15 is 0 Å². The van der Waals surface area contributed by atoms with E-state index < -0.39 is 29.4 Å². The summed E-state index contributed by atoms with van der Waals surface area (Å²) in [6.45, 7) is 10.5. The molecule has 2 aliphatic heterocycles. The van der Waals surface area contributed by atoms with Gasteiger partial charge < -0.3 is 15.0 Å². The minimum atomic E-state index is -4.56. The van der Waals surface area contributed by atoms with Crippen LogP contribution in [0.1, 0.15) is 43.4 Å². The summed E-state index contributed by atoms with van der Waals surface area (Å²) in [4.78, 5) is 18.7. The Labute approximate surface area is 217 Å². The van der Waals surface area contributed by atoms with Crippen molar-refractivity contribution in [3.8, 4) is 11.1 Å². The van der Waals surface area contributed by atoms with Crippen LogP contribution in [0.3, 0.4) is 0 Å². The zero-order valence-corrected chi connectivity index (χ0v) is 22.2. The normalized spacial score (nSPS) is 21.6. The van der Waals surface area contributed by atoms with Gasteiger partial charge in [0.05, 0.1) is 5.56 Å². The first kappa shape index (κ1) is 27.4. The molecule has 0 aromatic heterocycles. The van der Waals surface area contributed by atoms with Crippen LogP contribution in [0.4, 0.5) is 18.0 Å². The number of rotatable bonds is 5. The van der Waals surface area contributed by atoms with Gasteiger partial charge in [-0.1, -0.05) is 42.5 Å². The van der Waals surface area contributed by atoms with Crippen molar-refractivity contribution in [2.45, 2.75) is 51.2 Å². The lowest BCUT2D eigenvalue weighted by atomic mass is 9.82. The Hall–Kier alpha value is -2.62. The molecule has 9 heteroatoms. The van der Waals surface area contributed by atoms with Crippen molar-refractivity contribution in [1.82, 2.24) is 20.0 Å². The molecule has 4 rings (SSSR count). The van der Waals surface area contributed by atoms with E-state index in [0.29, 0.717) is 5.56 Å². The number of hydrogen-bond acceptors (Lipinski definition) is 4. The molecule has 2 aromatic rings. The van der Waals surface area contributed by atoms with Crippen LogP contribution in [0.15, 0.2) is 42.5 Å². The molecule has 202 valence electrons. The van der Waals surface area contributed by atoms with E-state index in [0.717, 1.165) is 38.3 Å². The van der Waals surface area contributed by atoms with E-state index in [9.17, 15) is 18.0 Å². The minimum absolute atomic E-state index is 0.142. The Bertz CT molecular complexity index is 1090. The van der Waals surface area contributed by atoms with E-state index in [1.165, 1.54) is 24.1 Å². The second-order valence-corrected chi connectivity index (χ2v) is 11.1. The second-order valence-electron chi connectivity index (χ2n) is 11.1. The third kappa shape index (κ3) is 6.27. The van der Waals surface area contributed by atoms with Crippen molar-refractivity contribution in [3.05, 3.63) is 59.2 Å². The lowest BCUT2D eigenvalue weighted by Gasteiger charge is -2.48. The summed E-state index contributed by atoms with van der Waals surface area (Å²) in [5.74, 6) is -0.580. The lowest BCUT2D eigenvalue weighted by molar-refractivity contribution is -0.140. The Kier molecular flexibility index (Phi) is 7.88. The zero-order chi connectivity index (χ0) is 27.0. The Morgan fingerprint density at radius 3 is 2.24 bits per heavy atom. The van der Waals surface area contributed by atoms with Crippen LogP contribution in [0.25, 0.3) is 11.1 Å². The molecule has 0 saturated carbocycles. The van der Waals surface area contributed by atoms with E-state index in [4.69, 9.17) is 4.74 Å². The number of carbonyl (C=O) groups is 1. The quantitative estimate of drug-likeness (QED) is 0.605. The molecule has 2 saturated heterocycles. The van der Waals surface area contributed by atoms with E-state index in [2.05, 4.69) is 22.2 Å². The molecule has 6 nitrogen and oxygen atoms in total. The SMILES string of the molecule is COC1C(c2cccc(-c3ccc(CN4CCN(C)CC4)cc3)c2C(F)(F)F)CN1C(=O)NC(C)(C)C. The molecule has 2 atom stereocenters. The average molecular weight is 519 g/mol. The third-order valence-corrected chi connectivity index (χ3v) is 7.08. The number of likely N-dealkylation sites (N-methyl/N-ethyl adjacent to an activating group) is 1. The van der Waals surface area contributed by atoms with Crippen LogP contribution in [0, 0.1) is 0 Å². The molecule has 0 aliphatic carbocycles. The van der Waals surface area contributed by atoms with Crippen molar-refractivity contribution in [1.29, 1.82) is 0 Å². The van der Waals surface area contributed by atoms with Crippen LogP contribution in [0.2, 0.25) is 0 Å². The van der Waals surface area contributed by atoms with Crippen LogP contribution < -0.4 is 5.32 Å². The Morgan fingerprint density at radius 1 is 1.03 bits per heavy atom. The van der Waals surface area contributed by atoms with Crippen molar-refractivity contribution in [2.24, 2.45) is 0 Å². The first-order valence-electron chi connectivity index (χ1n) is 12.7. The molecule has 2 aromatic carbocycles. The summed E-state index contributed by atoms with van der Waals surface area (Å²) in [5, 5.41) is 2.86. The number of nitrogens with zero attached hydrogens (tertiary/aromatic N) is 3. The molecule has 2 unspecified atom stereocenters. The fourth-order valence-corrected chi connectivity index (χ4v) is 5.11. The van der Waals surface area contributed by atoms with Crippen LogP contribution >= 0.6 is 0 Å². The number of alkyl halides is 3. The van der Waals surface area contributed by atoms with Gasteiger partial charge in [0.15, 0.2) is 0 Å². The predicted octanol–water partition coefficient (Wildman–Crippen LogP) is 5.00. The molecule has 0 radical (unpaired) electrons. The van der Waals surface area contributed by atoms with Crippen LogP contribution in [-0.4, -0.2) is 79.4 Å². The molecule has 2 aliphatic rings. The largest absolute Gasteiger partial charge is 0.417 e. The topological polar surface area (TPSA) is 48.1 Å². The first-order chi connectivity index (χ1) is 17.4. The number of urea groups is 1. The first-order valence-corrected chi connectivity index (χ1v) is 12.7. The molecular weight excluding hydrogens is 481 g/mol. The number of halogens is 3. The van der Waals surface area contributed by atoms with E-state index in [1.54, 1.807) is 18.2 Å². The highest BCUT2D eigenvalue weighted by molar-refractivity contribution is 5.77. The van der Waals surface area contributed by atoms with E-state index in [-0.39, 0.29) is 23.7 Å². The number of piperazine rings is 1. The van der Waals surface area contributed by atoms with Crippen molar-refractivity contribution < 1.29 is 22.7 Å². The molecule has 37 heavy (non-hydrogen) atoms. The molecule has 2 amide bonds. The maximum Gasteiger partial charge on any atom is 0.417 e. The van der Waals surface area contributed by atoms with Gasteiger partial charge in [-0.05, 0) is 50.1 Å². The van der Waals surface area contributed by atoms with Gasteiger partial charge in [-0.15, -0.1) is 0 Å². The van der Waals surface area contributed by atoms with Gasteiger partial charge in [0.1, 0.15) is 6.23 Å². The highest BCUT2D eigenvalue weighted by Crippen LogP contribution is 2.46. The number of amides is 2. The van der Waals surface area contributed by atoms with Crippen LogP contribution in [-0.2, 0) is 17.5 Å². The van der Waals surface area contributed by atoms with Crippen molar-refractivity contribution >= 4 is 6.03 Å². The number of likely N-dealkylation sites (tertiary alicyclic amines) is 1. The van der Waals surface area contributed by atoms with Crippen molar-refractivity contribution in [2.75, 3.05) is 46.9 Å². The van der Waals surface area contributed by atoms with E-state index in [1.807, 2.05) is 32.9 Å². The highest BCUT2D eigenvalue weighted by atomic mass is 19.4. The van der Waals surface area contributed by atoms with Gasteiger partial charge in [-0.3, -0.25) is 9.80 Å². The Morgan fingerprint density at radius 2 is 1.68 bits per heavy atom. The molecule has 1 N–H and O–H groups in total. The number of benzene rings is 2. The van der Waals surface area contributed by atoms with Gasteiger partial charge in [-0.2, -0.15) is 13.2 Å². The summed E-state index contributed by atoms with van der Waals surface area (Å²) in [6.07, 6.45) is -5.33. The molecule has 0 bridgehead atoms. The molecule has 2 fully saturated rings. The maximum atomic E-state index is 14.5. The number of hydrogen-bond donors (Lipinski definition) is 1. The summed E-state index contributed by atoms with van der Waals surface area (Å²) in [5.41, 5.74) is 0.768. The predicted molar refractivity (Wildman–Crippen MR) is 138 cm³/mol. The monoisotopic (exact) mass is 518 g/mol. The van der Waals surface area contributed by atoms with Gasteiger partial charge in [-0.25, -0.2) is 4.79 Å². The number of nitrogens with one attached hydrogen (secondary N) is 1. The molecule has 2 heterocycles. The number of ether oxygens (including phenoxy) is 1. The number of methoxy groups -OCH3 is 1. The summed E-state index contributed by atoms with van der Waals surface area (Å²) in [6, 6.07) is 11.7. The standard InChI is InChI=1S/C28H37F3N4O2/c1-27(2,3)32-26(36)35-18-23(25(35)37-5)22-8-6-7-21(24(22)28(29,30)31)20-11-9-19(10-12-20)17-34-15-13-33(4)14-16-34/h6-12,23,25H,13-18H2,1-5H3,(H,32,36). The smallest absolute Gasteiger partial charge is 0.361 e. The average Bonchev–Trinajstić information content (AvgIpc) is 2.79. The van der Waals surface area contributed by atoms with Gasteiger partial charge >= 0.3 is 12.2 Å². The Balaban J connectivity index is 1.58. The zero-order valence-electron chi connectivity index (χ0n) is 22.2.